The van der Waals surface area contributed by atoms with E-state index in [1.165, 1.54) is 0 Å². The molecule has 1 aromatic carbocycles. The molecule has 2 aromatic heterocycles. The van der Waals surface area contributed by atoms with E-state index in [9.17, 15) is 14.4 Å². The van der Waals surface area contributed by atoms with Crippen LogP contribution in [0.15, 0.2) is 41.8 Å². The summed E-state index contributed by atoms with van der Waals surface area (Å²) in [6.07, 6.45) is 3.54. The Hall–Kier alpha value is -3.52. The number of amides is 3. The summed E-state index contributed by atoms with van der Waals surface area (Å²) in [6.45, 7) is 3.01. The minimum absolute atomic E-state index is 0.118. The van der Waals surface area contributed by atoms with Crippen molar-refractivity contribution in [3.05, 3.63) is 63.5 Å². The van der Waals surface area contributed by atoms with E-state index in [2.05, 4.69) is 16.7 Å². The molecule has 0 atom stereocenters. The van der Waals surface area contributed by atoms with Gasteiger partial charge in [0.15, 0.2) is 6.61 Å². The van der Waals surface area contributed by atoms with E-state index in [0.29, 0.717) is 22.9 Å². The van der Waals surface area contributed by atoms with Crippen molar-refractivity contribution in [1.29, 1.82) is 0 Å². The molecule has 3 amide bonds. The Morgan fingerprint density at radius 3 is 2.72 bits per heavy atom. The number of esters is 1. The van der Waals surface area contributed by atoms with E-state index >= 15 is 0 Å². The smallest absolute Gasteiger partial charge is 0.339 e. The molecule has 1 aliphatic carbocycles. The van der Waals surface area contributed by atoms with E-state index in [-0.39, 0.29) is 6.04 Å². The van der Waals surface area contributed by atoms with Gasteiger partial charge in [-0.2, -0.15) is 0 Å². The summed E-state index contributed by atoms with van der Waals surface area (Å²) in [5, 5.41) is 7.41. The molecular weight excluding hydrogens is 426 g/mol. The number of hydrogen-bond donors (Lipinski definition) is 2. The number of carbonyl (C=O) groups is 3. The zero-order valence-corrected chi connectivity index (χ0v) is 18.6. The average molecular weight is 450 g/mol. The van der Waals surface area contributed by atoms with Crippen LogP contribution in [0.1, 0.15) is 46.8 Å². The van der Waals surface area contributed by atoms with E-state index in [0.717, 1.165) is 28.1 Å². The quantitative estimate of drug-likeness (QED) is 0.570. The SMILES string of the molecule is CC(C)NC(=O)NC(=O)COC(=O)c1c2c(nc3ccccc13)/C(=C\c1cccs1)CC2. The van der Waals surface area contributed by atoms with Gasteiger partial charge in [-0.1, -0.05) is 24.3 Å². The zero-order valence-electron chi connectivity index (χ0n) is 17.8. The minimum Gasteiger partial charge on any atom is -0.452 e. The van der Waals surface area contributed by atoms with Gasteiger partial charge in [0.2, 0.25) is 0 Å². The molecule has 32 heavy (non-hydrogen) atoms. The number of benzene rings is 1. The van der Waals surface area contributed by atoms with Crippen molar-refractivity contribution in [2.45, 2.75) is 32.7 Å². The number of aromatic nitrogens is 1. The monoisotopic (exact) mass is 449 g/mol. The predicted molar refractivity (Wildman–Crippen MR) is 124 cm³/mol. The van der Waals surface area contributed by atoms with Gasteiger partial charge in [-0.3, -0.25) is 10.1 Å². The third kappa shape index (κ3) is 4.70. The predicted octanol–water partition coefficient (Wildman–Crippen LogP) is 4.17. The summed E-state index contributed by atoms with van der Waals surface area (Å²) in [6, 6.07) is 10.7. The van der Waals surface area contributed by atoms with Crippen LogP contribution in [-0.4, -0.2) is 35.5 Å². The van der Waals surface area contributed by atoms with Gasteiger partial charge < -0.3 is 10.1 Å². The van der Waals surface area contributed by atoms with Crippen LogP contribution < -0.4 is 10.6 Å². The second-order valence-electron chi connectivity index (χ2n) is 7.77. The molecule has 3 aromatic rings. The van der Waals surface area contributed by atoms with Crippen molar-refractivity contribution in [2.75, 3.05) is 6.61 Å². The van der Waals surface area contributed by atoms with Crippen LogP contribution in [0.2, 0.25) is 0 Å². The van der Waals surface area contributed by atoms with Crippen molar-refractivity contribution in [3.8, 4) is 0 Å². The fourth-order valence-electron chi connectivity index (χ4n) is 3.72. The first-order valence-electron chi connectivity index (χ1n) is 10.4. The number of allylic oxidation sites excluding steroid dienone is 1. The number of nitrogens with one attached hydrogen (secondary N) is 2. The Morgan fingerprint density at radius 2 is 1.97 bits per heavy atom. The number of imide groups is 1. The van der Waals surface area contributed by atoms with Crippen LogP contribution in [0.25, 0.3) is 22.6 Å². The molecule has 0 unspecified atom stereocenters. The lowest BCUT2D eigenvalue weighted by Gasteiger charge is -2.13. The highest BCUT2D eigenvalue weighted by Gasteiger charge is 2.28. The number of pyridine rings is 1. The molecule has 8 heteroatoms. The van der Waals surface area contributed by atoms with Gasteiger partial charge in [-0.25, -0.2) is 14.6 Å². The molecule has 7 nitrogen and oxygen atoms in total. The molecule has 2 N–H and O–H groups in total. The zero-order chi connectivity index (χ0) is 22.7. The summed E-state index contributed by atoms with van der Waals surface area (Å²) in [5.41, 5.74) is 3.82. The van der Waals surface area contributed by atoms with Crippen LogP contribution in [-0.2, 0) is 16.0 Å². The Bertz CT molecular complexity index is 1220. The number of thiophene rings is 1. The van der Waals surface area contributed by atoms with E-state index in [4.69, 9.17) is 9.72 Å². The standard InChI is InChI=1S/C24H23N3O4S/c1-14(2)25-24(30)27-20(28)13-31-23(29)21-17-7-3-4-8-19(17)26-22-15(9-10-18(21)22)12-16-6-5-11-32-16/h3-8,11-12,14H,9-10,13H2,1-2H3,(H2,25,27,28,30)/b15-12-. The van der Waals surface area contributed by atoms with Gasteiger partial charge in [0.25, 0.3) is 5.91 Å². The van der Waals surface area contributed by atoms with E-state index < -0.39 is 24.5 Å². The Morgan fingerprint density at radius 1 is 1.16 bits per heavy atom. The first-order valence-corrected chi connectivity index (χ1v) is 11.2. The lowest BCUT2D eigenvalue weighted by atomic mass is 10.0. The molecular formula is C24H23N3O4S. The molecule has 0 fully saturated rings. The normalized spacial score (nSPS) is 13.9. The summed E-state index contributed by atoms with van der Waals surface area (Å²) >= 11 is 1.65. The number of urea groups is 1. The van der Waals surface area contributed by atoms with Crippen molar-refractivity contribution in [3.63, 3.8) is 0 Å². The summed E-state index contributed by atoms with van der Waals surface area (Å²) in [7, 11) is 0. The number of ether oxygens (including phenoxy) is 1. The number of hydrogen-bond acceptors (Lipinski definition) is 6. The van der Waals surface area contributed by atoms with Crippen LogP contribution in [0.5, 0.6) is 0 Å². The maximum Gasteiger partial charge on any atom is 0.339 e. The third-order valence-corrected chi connectivity index (χ3v) is 5.83. The van der Waals surface area contributed by atoms with Crippen LogP contribution >= 0.6 is 11.3 Å². The summed E-state index contributed by atoms with van der Waals surface area (Å²) in [5.74, 6) is -1.29. The van der Waals surface area contributed by atoms with Crippen molar-refractivity contribution in [1.82, 2.24) is 15.6 Å². The molecule has 1 aliphatic rings. The highest BCUT2D eigenvalue weighted by atomic mass is 32.1. The topological polar surface area (TPSA) is 97.4 Å². The van der Waals surface area contributed by atoms with Crippen molar-refractivity contribution >= 4 is 51.8 Å². The molecule has 164 valence electrons. The number of fused-ring (bicyclic) bond motifs is 2. The number of para-hydroxylation sites is 1. The van der Waals surface area contributed by atoms with Crippen LogP contribution in [0, 0.1) is 0 Å². The fourth-order valence-corrected chi connectivity index (χ4v) is 4.40. The number of rotatable bonds is 5. The van der Waals surface area contributed by atoms with Gasteiger partial charge in [0.05, 0.1) is 16.8 Å². The minimum atomic E-state index is -0.690. The number of nitrogens with zero attached hydrogens (tertiary/aromatic N) is 1. The van der Waals surface area contributed by atoms with E-state index in [1.54, 1.807) is 25.2 Å². The van der Waals surface area contributed by atoms with Crippen molar-refractivity contribution in [2.24, 2.45) is 0 Å². The molecule has 0 bridgehead atoms. The molecule has 0 saturated carbocycles. The maximum atomic E-state index is 13.1. The van der Waals surface area contributed by atoms with Gasteiger partial charge >= 0.3 is 12.0 Å². The van der Waals surface area contributed by atoms with Crippen molar-refractivity contribution < 1.29 is 19.1 Å². The highest BCUT2D eigenvalue weighted by Crippen LogP contribution is 2.38. The average Bonchev–Trinajstić information content (AvgIpc) is 3.40. The van der Waals surface area contributed by atoms with Gasteiger partial charge in [0.1, 0.15) is 0 Å². The lowest BCUT2D eigenvalue weighted by Crippen LogP contribution is -2.44. The summed E-state index contributed by atoms with van der Waals surface area (Å²) < 4.78 is 5.29. The first-order chi connectivity index (χ1) is 15.4. The van der Waals surface area contributed by atoms with Crippen LogP contribution in [0.3, 0.4) is 0 Å². The second kappa shape index (κ2) is 9.32. The van der Waals surface area contributed by atoms with Gasteiger partial charge in [0, 0.05) is 16.3 Å². The molecule has 0 spiro atoms. The third-order valence-electron chi connectivity index (χ3n) is 5.01. The number of carbonyl (C=O) groups excluding carboxylic acids is 3. The molecule has 0 aliphatic heterocycles. The summed E-state index contributed by atoms with van der Waals surface area (Å²) in [4.78, 5) is 42.7. The molecule has 4 rings (SSSR count). The molecule has 2 heterocycles. The highest BCUT2D eigenvalue weighted by molar-refractivity contribution is 7.10. The van der Waals surface area contributed by atoms with Gasteiger partial charge in [-0.05, 0) is 61.4 Å². The fraction of sp³-hybridized carbons (Fsp3) is 0.250. The maximum absolute atomic E-state index is 13.1. The molecule has 0 saturated heterocycles. The van der Waals surface area contributed by atoms with Crippen LogP contribution in [0.4, 0.5) is 4.79 Å². The first kappa shape index (κ1) is 21.7. The molecule has 0 radical (unpaired) electrons. The Labute approximate surface area is 189 Å². The lowest BCUT2D eigenvalue weighted by molar-refractivity contribution is -0.123. The second-order valence-corrected chi connectivity index (χ2v) is 8.75. The Kier molecular flexibility index (Phi) is 6.32. The largest absolute Gasteiger partial charge is 0.452 e. The Balaban J connectivity index is 1.60. The van der Waals surface area contributed by atoms with Gasteiger partial charge in [-0.15, -0.1) is 11.3 Å². The van der Waals surface area contributed by atoms with E-state index in [1.807, 2.05) is 41.8 Å².